The summed E-state index contributed by atoms with van der Waals surface area (Å²) >= 11 is 0. The van der Waals surface area contributed by atoms with Crippen LogP contribution >= 0.6 is 0 Å². The zero-order chi connectivity index (χ0) is 17.3. The van der Waals surface area contributed by atoms with E-state index in [1.54, 1.807) is 6.07 Å². The highest BCUT2D eigenvalue weighted by Gasteiger charge is 2.25. The van der Waals surface area contributed by atoms with E-state index in [1.807, 2.05) is 31.7 Å². The van der Waals surface area contributed by atoms with Crippen LogP contribution in [-0.4, -0.2) is 34.9 Å². The lowest BCUT2D eigenvalue weighted by atomic mass is 10.0. The number of anilines is 1. The van der Waals surface area contributed by atoms with E-state index in [0.717, 1.165) is 41.7 Å². The van der Waals surface area contributed by atoms with Crippen molar-refractivity contribution in [2.75, 3.05) is 18.4 Å². The number of carbonyl (C=O) groups excluding carboxylic acids is 1. The molecule has 1 N–H and O–H groups in total. The van der Waals surface area contributed by atoms with Gasteiger partial charge in [-0.1, -0.05) is 13.8 Å². The number of amides is 1. The third-order valence-electron chi connectivity index (χ3n) is 4.49. The maximum absolute atomic E-state index is 13.6. The highest BCUT2D eigenvalue weighted by Crippen LogP contribution is 2.26. The summed E-state index contributed by atoms with van der Waals surface area (Å²) in [6.07, 6.45) is 1.98. The number of pyridine rings is 1. The summed E-state index contributed by atoms with van der Waals surface area (Å²) in [4.78, 5) is 18.6. The van der Waals surface area contributed by atoms with E-state index >= 15 is 0 Å². The van der Waals surface area contributed by atoms with Gasteiger partial charge in [0.2, 0.25) is 5.91 Å². The van der Waals surface area contributed by atoms with Crippen LogP contribution in [0, 0.1) is 18.7 Å². The molecule has 1 unspecified atom stereocenters. The van der Waals surface area contributed by atoms with Crippen LogP contribution < -0.4 is 5.32 Å². The Bertz CT molecular complexity index is 760. The molecule has 1 aromatic heterocycles. The van der Waals surface area contributed by atoms with Crippen molar-refractivity contribution in [3.05, 3.63) is 35.8 Å². The molecule has 1 atom stereocenters. The molecule has 128 valence electrons. The number of likely N-dealkylation sites (tertiary alicyclic amines) is 1. The first-order valence-corrected chi connectivity index (χ1v) is 8.56. The molecule has 0 bridgehead atoms. The van der Waals surface area contributed by atoms with E-state index in [4.69, 9.17) is 0 Å². The summed E-state index contributed by atoms with van der Waals surface area (Å²) in [5.74, 6) is -0.0541. The van der Waals surface area contributed by atoms with Gasteiger partial charge in [0, 0.05) is 41.8 Å². The quantitative estimate of drug-likeness (QED) is 0.933. The van der Waals surface area contributed by atoms with Crippen molar-refractivity contribution in [3.8, 4) is 0 Å². The van der Waals surface area contributed by atoms with Gasteiger partial charge in [0.15, 0.2) is 0 Å². The van der Waals surface area contributed by atoms with Crippen LogP contribution in [0.5, 0.6) is 0 Å². The number of nitrogens with one attached hydrogen (secondary N) is 1. The van der Waals surface area contributed by atoms with Gasteiger partial charge in [-0.15, -0.1) is 0 Å². The van der Waals surface area contributed by atoms with Crippen LogP contribution in [0.1, 0.15) is 32.4 Å². The molecule has 1 aromatic carbocycles. The number of halogens is 1. The van der Waals surface area contributed by atoms with E-state index in [0.29, 0.717) is 6.54 Å². The maximum Gasteiger partial charge on any atom is 0.225 e. The van der Waals surface area contributed by atoms with Gasteiger partial charge in [-0.2, -0.15) is 0 Å². The second-order valence-corrected chi connectivity index (χ2v) is 6.90. The first-order chi connectivity index (χ1) is 11.4. The van der Waals surface area contributed by atoms with Gasteiger partial charge in [0.1, 0.15) is 5.82 Å². The van der Waals surface area contributed by atoms with Gasteiger partial charge in [0.05, 0.1) is 5.52 Å². The summed E-state index contributed by atoms with van der Waals surface area (Å²) in [5, 5.41) is 4.30. The first-order valence-electron chi connectivity index (χ1n) is 8.56. The lowest BCUT2D eigenvalue weighted by molar-refractivity contribution is -0.135. The van der Waals surface area contributed by atoms with Crippen molar-refractivity contribution >= 4 is 22.5 Å². The van der Waals surface area contributed by atoms with Crippen LogP contribution in [0.3, 0.4) is 0 Å². The van der Waals surface area contributed by atoms with Gasteiger partial charge < -0.3 is 10.2 Å². The highest BCUT2D eigenvalue weighted by atomic mass is 19.1. The number of rotatable bonds is 3. The van der Waals surface area contributed by atoms with Crippen LogP contribution in [0.4, 0.5) is 10.1 Å². The maximum atomic E-state index is 13.6. The Kier molecular flexibility index (Phi) is 4.69. The monoisotopic (exact) mass is 329 g/mol. The largest absolute Gasteiger partial charge is 0.380 e. The number of fused-ring (bicyclic) bond motifs is 1. The standard InChI is InChI=1S/C19H24FN3O/c1-12(2)19(24)23-8-4-5-15(11-23)22-18-9-13(3)21-17-7-6-14(20)10-16(17)18/h6-7,9-10,12,15H,4-5,8,11H2,1-3H3,(H,21,22). The Labute approximate surface area is 142 Å². The molecule has 5 heteroatoms. The minimum absolute atomic E-state index is 0.0156. The third kappa shape index (κ3) is 3.50. The molecular formula is C19H24FN3O. The molecular weight excluding hydrogens is 305 g/mol. The number of hydrogen-bond donors (Lipinski definition) is 1. The van der Waals surface area contributed by atoms with Crippen molar-refractivity contribution in [1.29, 1.82) is 0 Å². The second kappa shape index (κ2) is 6.75. The minimum atomic E-state index is -0.267. The Balaban J connectivity index is 1.84. The van der Waals surface area contributed by atoms with Crippen molar-refractivity contribution in [2.45, 2.75) is 39.7 Å². The van der Waals surface area contributed by atoms with Crippen molar-refractivity contribution in [2.24, 2.45) is 5.92 Å². The molecule has 2 aromatic rings. The Morgan fingerprint density at radius 2 is 2.17 bits per heavy atom. The molecule has 3 rings (SSSR count). The normalized spacial score (nSPS) is 18.2. The summed E-state index contributed by atoms with van der Waals surface area (Å²) in [5.41, 5.74) is 2.56. The van der Waals surface area contributed by atoms with Gasteiger partial charge in [-0.25, -0.2) is 4.39 Å². The van der Waals surface area contributed by atoms with Gasteiger partial charge in [-0.3, -0.25) is 9.78 Å². The number of hydrogen-bond acceptors (Lipinski definition) is 3. The fourth-order valence-corrected chi connectivity index (χ4v) is 3.33. The first kappa shape index (κ1) is 16.7. The van der Waals surface area contributed by atoms with Crippen LogP contribution in [0.2, 0.25) is 0 Å². The van der Waals surface area contributed by atoms with Crippen molar-refractivity contribution in [3.63, 3.8) is 0 Å². The molecule has 1 fully saturated rings. The number of benzene rings is 1. The third-order valence-corrected chi connectivity index (χ3v) is 4.49. The topological polar surface area (TPSA) is 45.2 Å². The summed E-state index contributed by atoms with van der Waals surface area (Å²) in [7, 11) is 0. The summed E-state index contributed by atoms with van der Waals surface area (Å²) in [6.45, 7) is 7.31. The molecule has 0 aliphatic carbocycles. The molecule has 1 aliphatic rings. The molecule has 0 radical (unpaired) electrons. The molecule has 1 aliphatic heterocycles. The summed E-state index contributed by atoms with van der Waals surface area (Å²) < 4.78 is 13.6. The van der Waals surface area contributed by atoms with E-state index < -0.39 is 0 Å². The van der Waals surface area contributed by atoms with E-state index in [9.17, 15) is 9.18 Å². The highest BCUT2D eigenvalue weighted by molar-refractivity contribution is 5.91. The lowest BCUT2D eigenvalue weighted by Gasteiger charge is -2.35. The second-order valence-electron chi connectivity index (χ2n) is 6.90. The van der Waals surface area contributed by atoms with Crippen LogP contribution in [0.15, 0.2) is 24.3 Å². The smallest absolute Gasteiger partial charge is 0.225 e. The van der Waals surface area contributed by atoms with E-state index in [1.165, 1.54) is 12.1 Å². The Morgan fingerprint density at radius 1 is 1.38 bits per heavy atom. The number of piperidine rings is 1. The zero-order valence-corrected chi connectivity index (χ0v) is 14.5. The molecule has 4 nitrogen and oxygen atoms in total. The van der Waals surface area contributed by atoms with Gasteiger partial charge >= 0.3 is 0 Å². The zero-order valence-electron chi connectivity index (χ0n) is 14.5. The predicted octanol–water partition coefficient (Wildman–Crippen LogP) is 3.74. The van der Waals surface area contributed by atoms with Gasteiger partial charge in [0.25, 0.3) is 0 Å². The summed E-state index contributed by atoms with van der Waals surface area (Å²) in [6, 6.07) is 6.78. The number of aromatic nitrogens is 1. The average molecular weight is 329 g/mol. The fraction of sp³-hybridized carbons (Fsp3) is 0.474. The molecule has 2 heterocycles. The SMILES string of the molecule is Cc1cc(NC2CCCN(C(=O)C(C)C)C2)c2cc(F)ccc2n1. The lowest BCUT2D eigenvalue weighted by Crippen LogP contribution is -2.46. The molecule has 24 heavy (non-hydrogen) atoms. The molecule has 1 saturated heterocycles. The number of aryl methyl sites for hydroxylation is 1. The van der Waals surface area contributed by atoms with Crippen LogP contribution in [0.25, 0.3) is 10.9 Å². The van der Waals surface area contributed by atoms with Crippen molar-refractivity contribution in [1.82, 2.24) is 9.88 Å². The Morgan fingerprint density at radius 3 is 2.92 bits per heavy atom. The van der Waals surface area contributed by atoms with E-state index in [2.05, 4.69) is 10.3 Å². The molecule has 1 amide bonds. The van der Waals surface area contributed by atoms with Gasteiger partial charge in [-0.05, 0) is 44.0 Å². The number of nitrogens with zero attached hydrogens (tertiary/aromatic N) is 2. The number of carbonyl (C=O) groups is 1. The fourth-order valence-electron chi connectivity index (χ4n) is 3.33. The van der Waals surface area contributed by atoms with E-state index in [-0.39, 0.29) is 23.7 Å². The predicted molar refractivity (Wildman–Crippen MR) is 94.5 cm³/mol. The Hall–Kier alpha value is -2.17. The minimum Gasteiger partial charge on any atom is -0.380 e. The average Bonchev–Trinajstić information content (AvgIpc) is 2.55. The molecule has 0 saturated carbocycles. The molecule has 0 spiro atoms. The van der Waals surface area contributed by atoms with Crippen molar-refractivity contribution < 1.29 is 9.18 Å². The van der Waals surface area contributed by atoms with Crippen LogP contribution in [-0.2, 0) is 4.79 Å².